The first kappa shape index (κ1) is 9.10. The quantitative estimate of drug-likeness (QED) is 0.728. The van der Waals surface area contributed by atoms with Crippen LogP contribution in [0.2, 0.25) is 0 Å². The molecule has 14 heavy (non-hydrogen) atoms. The molecule has 0 aliphatic heterocycles. The molecular weight excluding hydrogens is 206 g/mol. The molecule has 2 rings (SSSR count). The Bertz CT molecular complexity index is 587. The fourth-order valence-corrected chi connectivity index (χ4v) is 2.22. The van der Waals surface area contributed by atoms with E-state index >= 15 is 0 Å². The Kier molecular flexibility index (Phi) is 1.79. The highest BCUT2D eigenvalue weighted by Crippen LogP contribution is 2.22. The minimum absolute atomic E-state index is 0.0312. The summed E-state index contributed by atoms with van der Waals surface area (Å²) in [7, 11) is -3.79. The van der Waals surface area contributed by atoms with Gasteiger partial charge in [0.2, 0.25) is 10.0 Å². The second kappa shape index (κ2) is 2.76. The summed E-state index contributed by atoms with van der Waals surface area (Å²) in [6.45, 7) is 1.63. The molecule has 1 heterocycles. The molecule has 0 unspecified atom stereocenters. The second-order valence-electron chi connectivity index (χ2n) is 2.89. The van der Waals surface area contributed by atoms with Crippen molar-refractivity contribution in [3.8, 4) is 0 Å². The van der Waals surface area contributed by atoms with E-state index in [0.717, 1.165) is 0 Å². The van der Waals surface area contributed by atoms with Crippen LogP contribution in [0.4, 0.5) is 0 Å². The molecule has 6 nitrogen and oxygen atoms in total. The molecule has 0 amide bonds. The van der Waals surface area contributed by atoms with Crippen molar-refractivity contribution >= 4 is 21.1 Å². The molecule has 0 saturated carbocycles. The van der Waals surface area contributed by atoms with Gasteiger partial charge in [-0.3, -0.25) is 0 Å². The van der Waals surface area contributed by atoms with Gasteiger partial charge in [0.15, 0.2) is 5.52 Å². The van der Waals surface area contributed by atoms with Crippen LogP contribution in [0.3, 0.4) is 0 Å². The molecule has 0 aliphatic carbocycles. The fraction of sp³-hybridized carbons (Fsp3) is 0.143. The number of rotatable bonds is 1. The highest BCUT2D eigenvalue weighted by Gasteiger charge is 2.18. The van der Waals surface area contributed by atoms with E-state index < -0.39 is 10.0 Å². The molecule has 0 atom stereocenters. The number of hydrogen-bond acceptors (Lipinski definition) is 5. The Labute approximate surface area is 79.7 Å². The number of aryl methyl sites for hydroxylation is 1. The summed E-state index contributed by atoms with van der Waals surface area (Å²) >= 11 is 0. The van der Waals surface area contributed by atoms with Gasteiger partial charge in [0, 0.05) is 0 Å². The summed E-state index contributed by atoms with van der Waals surface area (Å²) in [4.78, 5) is -0.0312. The molecule has 0 fully saturated rings. The molecule has 1 aromatic heterocycles. The first-order valence-corrected chi connectivity index (χ1v) is 5.29. The molecule has 74 valence electrons. The number of primary sulfonamides is 1. The van der Waals surface area contributed by atoms with Gasteiger partial charge in [-0.15, -0.1) is 0 Å². The van der Waals surface area contributed by atoms with Crippen LogP contribution in [-0.4, -0.2) is 18.7 Å². The van der Waals surface area contributed by atoms with Crippen LogP contribution in [0.25, 0.3) is 11.0 Å². The Morgan fingerprint density at radius 2 is 2.07 bits per heavy atom. The maximum absolute atomic E-state index is 11.2. The number of fused-ring (bicyclic) bond motifs is 1. The Balaban J connectivity index is 2.98. The third-order valence-corrected chi connectivity index (χ3v) is 2.95. The van der Waals surface area contributed by atoms with Crippen LogP contribution in [0.5, 0.6) is 0 Å². The highest BCUT2D eigenvalue weighted by atomic mass is 32.2. The smallest absolute Gasteiger partial charge is 0.240 e. The highest BCUT2D eigenvalue weighted by molar-refractivity contribution is 7.89. The van der Waals surface area contributed by atoms with Gasteiger partial charge < -0.3 is 0 Å². The maximum atomic E-state index is 11.2. The SMILES string of the molecule is Cc1ccc2nonc2c1S(N)(=O)=O. The van der Waals surface area contributed by atoms with Crippen LogP contribution in [0, 0.1) is 6.92 Å². The minimum Gasteiger partial charge on any atom is -0.243 e. The van der Waals surface area contributed by atoms with E-state index in [1.165, 1.54) is 0 Å². The maximum Gasteiger partial charge on any atom is 0.240 e. The molecule has 0 radical (unpaired) electrons. The summed E-state index contributed by atoms with van der Waals surface area (Å²) in [6, 6.07) is 3.22. The lowest BCUT2D eigenvalue weighted by molar-refractivity contribution is 0.315. The zero-order valence-corrected chi connectivity index (χ0v) is 8.08. The average Bonchev–Trinajstić information content (AvgIpc) is 2.48. The standard InChI is InChI=1S/C7H7N3O3S/c1-4-2-3-5-6(10-13-9-5)7(4)14(8,11)12/h2-3H,1H3,(H2,8,11,12). The Hall–Kier alpha value is -1.47. The van der Waals surface area contributed by atoms with Crippen LogP contribution < -0.4 is 5.14 Å². The van der Waals surface area contributed by atoms with Crippen molar-refractivity contribution in [2.24, 2.45) is 5.14 Å². The van der Waals surface area contributed by atoms with E-state index in [1.807, 2.05) is 0 Å². The molecule has 2 N–H and O–H groups in total. The Morgan fingerprint density at radius 1 is 1.36 bits per heavy atom. The number of aromatic nitrogens is 2. The van der Waals surface area contributed by atoms with E-state index in [9.17, 15) is 8.42 Å². The lowest BCUT2D eigenvalue weighted by Crippen LogP contribution is -2.14. The van der Waals surface area contributed by atoms with Crippen molar-refractivity contribution in [3.05, 3.63) is 17.7 Å². The third kappa shape index (κ3) is 1.26. The summed E-state index contributed by atoms with van der Waals surface area (Å²) in [5.74, 6) is 0. The van der Waals surface area contributed by atoms with Crippen LogP contribution in [-0.2, 0) is 10.0 Å². The fourth-order valence-electron chi connectivity index (χ4n) is 1.29. The molecular formula is C7H7N3O3S. The number of nitrogens with two attached hydrogens (primary N) is 1. The van der Waals surface area contributed by atoms with Gasteiger partial charge in [-0.2, -0.15) is 0 Å². The monoisotopic (exact) mass is 213 g/mol. The zero-order chi connectivity index (χ0) is 10.3. The molecule has 7 heteroatoms. The van der Waals surface area contributed by atoms with Gasteiger partial charge in [-0.1, -0.05) is 6.07 Å². The van der Waals surface area contributed by atoms with Crippen molar-refractivity contribution in [2.45, 2.75) is 11.8 Å². The van der Waals surface area contributed by atoms with Crippen molar-refractivity contribution in [2.75, 3.05) is 0 Å². The first-order chi connectivity index (χ1) is 6.50. The van der Waals surface area contributed by atoms with E-state index in [4.69, 9.17) is 5.14 Å². The summed E-state index contributed by atoms with van der Waals surface area (Å²) in [5, 5.41) is 12.1. The van der Waals surface area contributed by atoms with Gasteiger partial charge in [0.1, 0.15) is 10.4 Å². The second-order valence-corrected chi connectivity index (χ2v) is 4.39. The van der Waals surface area contributed by atoms with Crippen LogP contribution >= 0.6 is 0 Å². The van der Waals surface area contributed by atoms with Gasteiger partial charge in [-0.25, -0.2) is 18.2 Å². The average molecular weight is 213 g/mol. The molecule has 1 aromatic carbocycles. The van der Waals surface area contributed by atoms with Crippen molar-refractivity contribution in [1.29, 1.82) is 0 Å². The minimum atomic E-state index is -3.79. The van der Waals surface area contributed by atoms with E-state index in [2.05, 4.69) is 14.9 Å². The van der Waals surface area contributed by atoms with Crippen molar-refractivity contribution in [3.63, 3.8) is 0 Å². The van der Waals surface area contributed by atoms with Crippen molar-refractivity contribution in [1.82, 2.24) is 10.3 Å². The summed E-state index contributed by atoms with van der Waals surface area (Å²) < 4.78 is 26.9. The van der Waals surface area contributed by atoms with Gasteiger partial charge in [0.25, 0.3) is 0 Å². The lowest BCUT2D eigenvalue weighted by atomic mass is 10.2. The van der Waals surface area contributed by atoms with Gasteiger partial charge in [-0.05, 0) is 28.9 Å². The van der Waals surface area contributed by atoms with Crippen molar-refractivity contribution < 1.29 is 13.0 Å². The Morgan fingerprint density at radius 3 is 2.71 bits per heavy atom. The van der Waals surface area contributed by atoms with Gasteiger partial charge in [0.05, 0.1) is 0 Å². The predicted molar refractivity (Wildman–Crippen MR) is 47.9 cm³/mol. The number of nitrogens with zero attached hydrogens (tertiary/aromatic N) is 2. The first-order valence-electron chi connectivity index (χ1n) is 3.75. The summed E-state index contributed by atoms with van der Waals surface area (Å²) in [6.07, 6.45) is 0. The van der Waals surface area contributed by atoms with Crippen LogP contribution in [0.1, 0.15) is 5.56 Å². The third-order valence-electron chi connectivity index (χ3n) is 1.86. The van der Waals surface area contributed by atoms with E-state index in [1.54, 1.807) is 19.1 Å². The molecule has 2 aromatic rings. The number of sulfonamides is 1. The number of hydrogen-bond donors (Lipinski definition) is 1. The largest absolute Gasteiger partial charge is 0.243 e. The normalized spacial score (nSPS) is 12.1. The molecule has 0 bridgehead atoms. The van der Waals surface area contributed by atoms with E-state index in [-0.39, 0.29) is 10.4 Å². The summed E-state index contributed by atoms with van der Waals surface area (Å²) in [5.41, 5.74) is 1.07. The zero-order valence-electron chi connectivity index (χ0n) is 7.26. The predicted octanol–water partition coefficient (Wildman–Crippen LogP) is 0.179. The van der Waals surface area contributed by atoms with Crippen LogP contribution in [0.15, 0.2) is 21.7 Å². The molecule has 0 saturated heterocycles. The molecule has 0 spiro atoms. The number of benzene rings is 1. The topological polar surface area (TPSA) is 99.1 Å². The van der Waals surface area contributed by atoms with E-state index in [0.29, 0.717) is 11.1 Å². The van der Waals surface area contributed by atoms with Gasteiger partial charge >= 0.3 is 0 Å². The lowest BCUT2D eigenvalue weighted by Gasteiger charge is -2.01. The molecule has 0 aliphatic rings.